The Bertz CT molecular complexity index is 343. The first-order chi connectivity index (χ1) is 6.63. The summed E-state index contributed by atoms with van der Waals surface area (Å²) in [6, 6.07) is 4.35. The lowest BCUT2D eigenvalue weighted by molar-refractivity contribution is -0.136. The molecule has 0 aromatic heterocycles. The van der Waals surface area contributed by atoms with Crippen LogP contribution in [0.2, 0.25) is 0 Å². The summed E-state index contributed by atoms with van der Waals surface area (Å²) in [4.78, 5) is 10.4. The van der Waals surface area contributed by atoms with Gasteiger partial charge < -0.3 is 14.9 Å². The molecule has 0 aliphatic heterocycles. The Hall–Kier alpha value is -1.46. The van der Waals surface area contributed by atoms with Crippen molar-refractivity contribution in [2.75, 3.05) is 6.73 Å². The monoisotopic (exact) mass is 233 g/mol. The highest BCUT2D eigenvalue weighted by molar-refractivity contribution is 5.85. The number of aromatic hydroxyl groups is 1. The van der Waals surface area contributed by atoms with Crippen LogP contribution in [-0.2, 0) is 11.2 Å². The molecule has 0 unspecified atom stereocenters. The maximum Gasteiger partial charge on any atom is 0.307 e. The number of hydrogen-bond donors (Lipinski definition) is 3. The molecule has 0 amide bonds. The van der Waals surface area contributed by atoms with Gasteiger partial charge in [0.15, 0.2) is 0 Å². The van der Waals surface area contributed by atoms with Crippen molar-refractivity contribution in [2.24, 2.45) is 5.73 Å². The fourth-order valence-electron chi connectivity index (χ4n) is 1.05. The van der Waals surface area contributed by atoms with Crippen molar-refractivity contribution in [2.45, 2.75) is 6.42 Å². The molecule has 0 saturated heterocycles. The van der Waals surface area contributed by atoms with Gasteiger partial charge in [-0.3, -0.25) is 10.5 Å². The summed E-state index contributed by atoms with van der Waals surface area (Å²) in [5, 5.41) is 17.8. The molecule has 0 bridgehead atoms. The van der Waals surface area contributed by atoms with E-state index in [0.29, 0.717) is 11.3 Å². The molecule has 0 radical (unpaired) electrons. The maximum atomic E-state index is 10.4. The van der Waals surface area contributed by atoms with Crippen LogP contribution in [0.15, 0.2) is 18.2 Å². The molecule has 1 aromatic carbocycles. The third-order valence-corrected chi connectivity index (χ3v) is 1.64. The number of carboxylic acids is 1. The Kier molecular flexibility index (Phi) is 5.51. The van der Waals surface area contributed by atoms with E-state index in [1.54, 1.807) is 0 Å². The first-order valence-electron chi connectivity index (χ1n) is 4.00. The second-order valence-corrected chi connectivity index (χ2v) is 2.67. The average Bonchev–Trinajstić information content (AvgIpc) is 2.10. The van der Waals surface area contributed by atoms with E-state index in [2.05, 4.69) is 0 Å². The van der Waals surface area contributed by atoms with Gasteiger partial charge >= 0.3 is 5.97 Å². The third-order valence-electron chi connectivity index (χ3n) is 1.64. The number of carboxylic acid groups (broad SMARTS) is 1. The average molecular weight is 234 g/mol. The predicted molar refractivity (Wildman–Crippen MR) is 56.4 cm³/mol. The van der Waals surface area contributed by atoms with Gasteiger partial charge in [-0.2, -0.15) is 0 Å². The Morgan fingerprint density at radius 3 is 2.67 bits per heavy atom. The van der Waals surface area contributed by atoms with E-state index in [1.165, 1.54) is 18.2 Å². The van der Waals surface area contributed by atoms with Gasteiger partial charge in [0.2, 0.25) is 0 Å². The largest absolute Gasteiger partial charge is 0.508 e. The van der Waals surface area contributed by atoms with Crippen molar-refractivity contribution in [3.05, 3.63) is 23.8 Å². The molecule has 1 aromatic rings. The molecule has 6 heteroatoms. The summed E-state index contributed by atoms with van der Waals surface area (Å²) in [6.07, 6.45) is -0.242. The van der Waals surface area contributed by atoms with Crippen molar-refractivity contribution in [3.63, 3.8) is 0 Å². The van der Waals surface area contributed by atoms with Crippen molar-refractivity contribution < 1.29 is 19.7 Å². The zero-order valence-corrected chi connectivity index (χ0v) is 8.66. The van der Waals surface area contributed by atoms with Crippen LogP contribution in [0, 0.1) is 0 Å². The highest BCUT2D eigenvalue weighted by atomic mass is 35.5. The van der Waals surface area contributed by atoms with Gasteiger partial charge in [0.05, 0.1) is 6.42 Å². The van der Waals surface area contributed by atoms with Crippen LogP contribution in [0.25, 0.3) is 0 Å². The number of rotatable bonds is 4. The van der Waals surface area contributed by atoms with Crippen molar-refractivity contribution in [1.29, 1.82) is 0 Å². The van der Waals surface area contributed by atoms with E-state index in [0.717, 1.165) is 0 Å². The van der Waals surface area contributed by atoms with E-state index < -0.39 is 5.97 Å². The molecule has 0 saturated carbocycles. The molecule has 5 nitrogen and oxygen atoms in total. The van der Waals surface area contributed by atoms with Crippen LogP contribution in [0.4, 0.5) is 0 Å². The third kappa shape index (κ3) is 4.05. The van der Waals surface area contributed by atoms with E-state index in [4.69, 9.17) is 15.6 Å². The molecule has 0 atom stereocenters. The number of ether oxygens (including phenoxy) is 1. The lowest BCUT2D eigenvalue weighted by Gasteiger charge is -2.06. The molecule has 0 aliphatic rings. The number of phenolic OH excluding ortho intramolecular Hbond substituents is 1. The maximum absolute atomic E-state index is 10.4. The number of carbonyl (C=O) groups is 1. The summed E-state index contributed by atoms with van der Waals surface area (Å²) in [5.41, 5.74) is 5.46. The lowest BCUT2D eigenvalue weighted by Crippen LogP contribution is -2.08. The van der Waals surface area contributed by atoms with Gasteiger partial charge in [-0.15, -0.1) is 12.4 Å². The smallest absolute Gasteiger partial charge is 0.307 e. The molecular formula is C9H12ClNO4. The number of hydrogen-bond acceptors (Lipinski definition) is 4. The van der Waals surface area contributed by atoms with Crippen LogP contribution in [-0.4, -0.2) is 22.9 Å². The van der Waals surface area contributed by atoms with Gasteiger partial charge in [0.1, 0.15) is 18.2 Å². The summed E-state index contributed by atoms with van der Waals surface area (Å²) < 4.78 is 4.96. The van der Waals surface area contributed by atoms with E-state index in [-0.39, 0.29) is 31.3 Å². The number of nitrogens with two attached hydrogens (primary N) is 1. The summed E-state index contributed by atoms with van der Waals surface area (Å²) in [6.45, 7) is 0.0112. The van der Waals surface area contributed by atoms with Gasteiger partial charge in [-0.1, -0.05) is 0 Å². The summed E-state index contributed by atoms with van der Waals surface area (Å²) in [7, 11) is 0. The first kappa shape index (κ1) is 13.5. The van der Waals surface area contributed by atoms with Crippen LogP contribution in [0.1, 0.15) is 5.56 Å². The minimum Gasteiger partial charge on any atom is -0.508 e. The van der Waals surface area contributed by atoms with E-state index >= 15 is 0 Å². The Morgan fingerprint density at radius 2 is 2.13 bits per heavy atom. The summed E-state index contributed by atoms with van der Waals surface area (Å²) in [5.74, 6) is -0.622. The lowest BCUT2D eigenvalue weighted by atomic mass is 10.1. The standard InChI is InChI=1S/C9H11NO4.ClH/c10-5-14-7-1-2-8(11)6(3-7)4-9(12)13;/h1-3,11H,4-5,10H2,(H,12,13);1H. The number of phenols is 1. The first-order valence-corrected chi connectivity index (χ1v) is 4.00. The highest BCUT2D eigenvalue weighted by Crippen LogP contribution is 2.23. The molecule has 4 N–H and O–H groups in total. The normalized spacial score (nSPS) is 9.13. The SMILES string of the molecule is Cl.NCOc1ccc(O)c(CC(=O)O)c1. The second kappa shape index (κ2) is 6.10. The topological polar surface area (TPSA) is 92.8 Å². The molecule has 0 spiro atoms. The minimum atomic E-state index is -1.01. The van der Waals surface area contributed by atoms with Gasteiger partial charge in [-0.05, 0) is 18.2 Å². The quantitative estimate of drug-likeness (QED) is 0.667. The molecule has 1 rings (SSSR count). The fraction of sp³-hybridized carbons (Fsp3) is 0.222. The van der Waals surface area contributed by atoms with Crippen LogP contribution in [0.5, 0.6) is 11.5 Å². The van der Waals surface area contributed by atoms with Crippen LogP contribution >= 0.6 is 12.4 Å². The minimum absolute atomic E-state index is 0. The zero-order chi connectivity index (χ0) is 10.6. The second-order valence-electron chi connectivity index (χ2n) is 2.67. The van der Waals surface area contributed by atoms with Crippen LogP contribution in [0.3, 0.4) is 0 Å². The van der Waals surface area contributed by atoms with Crippen molar-refractivity contribution >= 4 is 18.4 Å². The van der Waals surface area contributed by atoms with Gasteiger partial charge in [-0.25, -0.2) is 0 Å². The van der Waals surface area contributed by atoms with Crippen LogP contribution < -0.4 is 10.5 Å². The molecule has 0 aliphatic carbocycles. The summed E-state index contributed by atoms with van der Waals surface area (Å²) >= 11 is 0. The van der Waals surface area contributed by atoms with Crippen molar-refractivity contribution in [3.8, 4) is 11.5 Å². The molecule has 15 heavy (non-hydrogen) atoms. The molecule has 84 valence electrons. The molecule has 0 fully saturated rings. The number of aliphatic carboxylic acids is 1. The van der Waals surface area contributed by atoms with Gasteiger partial charge in [0.25, 0.3) is 0 Å². The highest BCUT2D eigenvalue weighted by Gasteiger charge is 2.07. The Morgan fingerprint density at radius 1 is 1.47 bits per heavy atom. The van der Waals surface area contributed by atoms with E-state index in [1.807, 2.05) is 0 Å². The van der Waals surface area contributed by atoms with Gasteiger partial charge in [0, 0.05) is 5.56 Å². The van der Waals surface area contributed by atoms with Crippen molar-refractivity contribution in [1.82, 2.24) is 0 Å². The molecule has 0 heterocycles. The van der Waals surface area contributed by atoms with E-state index in [9.17, 15) is 9.90 Å². The Labute approximate surface area is 92.9 Å². The fourth-order valence-corrected chi connectivity index (χ4v) is 1.05. The predicted octanol–water partition coefficient (Wildman–Crippen LogP) is 0.736. The Balaban J connectivity index is 0.00000196. The molecular weight excluding hydrogens is 222 g/mol. The number of halogens is 1. The number of benzene rings is 1. The zero-order valence-electron chi connectivity index (χ0n) is 7.84.